The molecule has 1 aliphatic rings. The number of amides is 2. The normalized spacial score (nSPS) is 21.0. The molecule has 2 unspecified atom stereocenters. The molecular formula is C17H25FN2O3. The van der Waals surface area contributed by atoms with Gasteiger partial charge >= 0.3 is 6.03 Å². The Morgan fingerprint density at radius 3 is 2.96 bits per heavy atom. The smallest absolute Gasteiger partial charge is 0.315 e. The van der Waals surface area contributed by atoms with Crippen LogP contribution >= 0.6 is 0 Å². The number of benzene rings is 1. The maximum Gasteiger partial charge on any atom is 0.315 e. The SMILES string of the molecule is COCc1cc(CNC(=O)NCC2CCCC(O)C2)ccc1F. The Hall–Kier alpha value is -1.66. The first-order valence-corrected chi connectivity index (χ1v) is 8.04. The van der Waals surface area contributed by atoms with Crippen molar-refractivity contribution >= 4 is 6.03 Å². The maximum absolute atomic E-state index is 13.5. The lowest BCUT2D eigenvalue weighted by molar-refractivity contribution is 0.101. The Balaban J connectivity index is 1.74. The fourth-order valence-electron chi connectivity index (χ4n) is 2.93. The highest BCUT2D eigenvalue weighted by Gasteiger charge is 2.20. The third kappa shape index (κ3) is 5.80. The van der Waals surface area contributed by atoms with E-state index in [0.29, 0.717) is 24.6 Å². The maximum atomic E-state index is 13.5. The molecule has 5 nitrogen and oxygen atoms in total. The number of rotatable bonds is 6. The van der Waals surface area contributed by atoms with E-state index in [0.717, 1.165) is 31.2 Å². The summed E-state index contributed by atoms with van der Waals surface area (Å²) in [6.45, 7) is 1.10. The number of aliphatic hydroxyl groups excluding tert-OH is 1. The van der Waals surface area contributed by atoms with Crippen LogP contribution in [0.4, 0.5) is 9.18 Å². The van der Waals surface area contributed by atoms with E-state index in [9.17, 15) is 14.3 Å². The van der Waals surface area contributed by atoms with Gasteiger partial charge in [0.2, 0.25) is 0 Å². The molecule has 3 N–H and O–H groups in total. The summed E-state index contributed by atoms with van der Waals surface area (Å²) in [5.74, 6) is 0.0273. The van der Waals surface area contributed by atoms with Crippen LogP contribution in [0.1, 0.15) is 36.8 Å². The summed E-state index contributed by atoms with van der Waals surface area (Å²) in [4.78, 5) is 11.8. The van der Waals surface area contributed by atoms with Crippen molar-refractivity contribution in [1.29, 1.82) is 0 Å². The molecule has 0 aromatic heterocycles. The first-order chi connectivity index (χ1) is 11.1. The molecule has 0 aliphatic heterocycles. The van der Waals surface area contributed by atoms with E-state index >= 15 is 0 Å². The van der Waals surface area contributed by atoms with Gasteiger partial charge in [0.25, 0.3) is 0 Å². The number of ether oxygens (including phenoxy) is 1. The average Bonchev–Trinajstić information content (AvgIpc) is 2.54. The zero-order chi connectivity index (χ0) is 16.7. The molecule has 0 spiro atoms. The van der Waals surface area contributed by atoms with Crippen LogP contribution in [-0.2, 0) is 17.9 Å². The summed E-state index contributed by atoms with van der Waals surface area (Å²) in [6, 6.07) is 4.47. The van der Waals surface area contributed by atoms with E-state index in [4.69, 9.17) is 4.74 Å². The fourth-order valence-corrected chi connectivity index (χ4v) is 2.93. The monoisotopic (exact) mass is 324 g/mol. The molecule has 2 amide bonds. The third-order valence-electron chi connectivity index (χ3n) is 4.17. The molecule has 0 radical (unpaired) electrons. The molecular weight excluding hydrogens is 299 g/mol. The number of halogens is 1. The summed E-state index contributed by atoms with van der Waals surface area (Å²) in [5, 5.41) is 15.2. The summed E-state index contributed by atoms with van der Waals surface area (Å²) in [7, 11) is 1.51. The summed E-state index contributed by atoms with van der Waals surface area (Å²) < 4.78 is 18.5. The summed E-state index contributed by atoms with van der Waals surface area (Å²) in [5.41, 5.74) is 1.30. The molecule has 1 aromatic carbocycles. The highest BCUT2D eigenvalue weighted by molar-refractivity contribution is 5.73. The number of methoxy groups -OCH3 is 1. The standard InChI is InChI=1S/C17H25FN2O3/c1-23-11-14-7-13(5-6-16(14)18)10-20-17(22)19-9-12-3-2-4-15(21)8-12/h5-7,12,15,21H,2-4,8-11H2,1H3,(H2,19,20,22). The van der Waals surface area contributed by atoms with E-state index in [1.165, 1.54) is 13.2 Å². The quantitative estimate of drug-likeness (QED) is 0.752. The van der Waals surface area contributed by atoms with Crippen LogP contribution in [0.15, 0.2) is 18.2 Å². The molecule has 2 rings (SSSR count). The van der Waals surface area contributed by atoms with Gasteiger partial charge in [0.15, 0.2) is 0 Å². The van der Waals surface area contributed by atoms with Gasteiger partial charge in [-0.25, -0.2) is 9.18 Å². The van der Waals surface area contributed by atoms with Crippen molar-refractivity contribution < 1.29 is 19.0 Å². The number of urea groups is 1. The van der Waals surface area contributed by atoms with Crippen molar-refractivity contribution in [2.75, 3.05) is 13.7 Å². The minimum absolute atomic E-state index is 0.204. The average molecular weight is 324 g/mol. The second-order valence-electron chi connectivity index (χ2n) is 6.11. The van der Waals surface area contributed by atoms with E-state index in [2.05, 4.69) is 10.6 Å². The van der Waals surface area contributed by atoms with Gasteiger partial charge in [-0.3, -0.25) is 0 Å². The van der Waals surface area contributed by atoms with E-state index in [-0.39, 0.29) is 24.6 Å². The topological polar surface area (TPSA) is 70.6 Å². The number of carbonyl (C=O) groups excluding carboxylic acids is 1. The van der Waals surface area contributed by atoms with Crippen LogP contribution in [-0.4, -0.2) is 30.9 Å². The molecule has 0 heterocycles. The van der Waals surface area contributed by atoms with Gasteiger partial charge in [-0.2, -0.15) is 0 Å². The predicted octanol–water partition coefficient (Wildman–Crippen LogP) is 2.32. The van der Waals surface area contributed by atoms with Gasteiger partial charge in [-0.05, 0) is 42.9 Å². The number of hydrogen-bond donors (Lipinski definition) is 3. The number of hydrogen-bond acceptors (Lipinski definition) is 3. The summed E-state index contributed by atoms with van der Waals surface area (Å²) in [6.07, 6.45) is 3.41. The van der Waals surface area contributed by atoms with Crippen LogP contribution < -0.4 is 10.6 Å². The van der Waals surface area contributed by atoms with Crippen molar-refractivity contribution in [3.63, 3.8) is 0 Å². The van der Waals surface area contributed by atoms with Gasteiger partial charge in [0.1, 0.15) is 5.82 Å². The van der Waals surface area contributed by atoms with Crippen molar-refractivity contribution in [2.24, 2.45) is 5.92 Å². The second kappa shape index (κ2) is 8.84. The van der Waals surface area contributed by atoms with Crippen molar-refractivity contribution in [2.45, 2.75) is 44.9 Å². The molecule has 0 saturated heterocycles. The molecule has 128 valence electrons. The first-order valence-electron chi connectivity index (χ1n) is 8.04. The fraction of sp³-hybridized carbons (Fsp3) is 0.588. The molecule has 1 saturated carbocycles. The molecule has 1 aromatic rings. The Morgan fingerprint density at radius 2 is 2.22 bits per heavy atom. The van der Waals surface area contributed by atoms with Gasteiger partial charge in [-0.1, -0.05) is 12.5 Å². The van der Waals surface area contributed by atoms with Gasteiger partial charge in [0.05, 0.1) is 12.7 Å². The zero-order valence-corrected chi connectivity index (χ0v) is 13.5. The Bertz CT molecular complexity index is 525. The van der Waals surface area contributed by atoms with Crippen molar-refractivity contribution in [3.05, 3.63) is 35.1 Å². The van der Waals surface area contributed by atoms with E-state index in [1.54, 1.807) is 12.1 Å². The first kappa shape index (κ1) is 17.7. The number of aliphatic hydroxyl groups is 1. The van der Waals surface area contributed by atoms with Gasteiger partial charge in [0, 0.05) is 25.8 Å². The van der Waals surface area contributed by atoms with Crippen molar-refractivity contribution in [1.82, 2.24) is 10.6 Å². The van der Waals surface area contributed by atoms with Gasteiger partial charge in [-0.15, -0.1) is 0 Å². The highest BCUT2D eigenvalue weighted by Crippen LogP contribution is 2.23. The minimum atomic E-state index is -0.309. The van der Waals surface area contributed by atoms with Crippen molar-refractivity contribution in [3.8, 4) is 0 Å². The zero-order valence-electron chi connectivity index (χ0n) is 13.5. The van der Waals surface area contributed by atoms with Gasteiger partial charge < -0.3 is 20.5 Å². The van der Waals surface area contributed by atoms with E-state index < -0.39 is 0 Å². The lowest BCUT2D eigenvalue weighted by atomic mass is 9.87. The number of nitrogens with one attached hydrogen (secondary N) is 2. The molecule has 0 bridgehead atoms. The van der Waals surface area contributed by atoms with Crippen LogP contribution in [0.5, 0.6) is 0 Å². The lowest BCUT2D eigenvalue weighted by Gasteiger charge is -2.25. The highest BCUT2D eigenvalue weighted by atomic mass is 19.1. The number of carbonyl (C=O) groups is 1. The second-order valence-corrected chi connectivity index (χ2v) is 6.11. The molecule has 23 heavy (non-hydrogen) atoms. The third-order valence-corrected chi connectivity index (χ3v) is 4.17. The van der Waals surface area contributed by atoms with Crippen LogP contribution in [0.3, 0.4) is 0 Å². The molecule has 1 fully saturated rings. The molecule has 2 atom stereocenters. The summed E-state index contributed by atoms with van der Waals surface area (Å²) >= 11 is 0. The Kier molecular flexibility index (Phi) is 6.80. The van der Waals surface area contributed by atoms with E-state index in [1.807, 2.05) is 0 Å². The minimum Gasteiger partial charge on any atom is -0.393 e. The Labute approximate surface area is 136 Å². The van der Waals surface area contributed by atoms with Crippen LogP contribution in [0.2, 0.25) is 0 Å². The predicted molar refractivity (Wildman–Crippen MR) is 85.3 cm³/mol. The van der Waals surface area contributed by atoms with Crippen LogP contribution in [0, 0.1) is 11.7 Å². The largest absolute Gasteiger partial charge is 0.393 e. The lowest BCUT2D eigenvalue weighted by Crippen LogP contribution is -2.39. The Morgan fingerprint density at radius 1 is 1.39 bits per heavy atom. The van der Waals surface area contributed by atoms with Crippen LogP contribution in [0.25, 0.3) is 0 Å². The molecule has 1 aliphatic carbocycles. The molecule has 6 heteroatoms.